The molecule has 1 rings (SSSR count). The van der Waals surface area contributed by atoms with E-state index in [-0.39, 0.29) is 18.4 Å². The molecule has 0 heterocycles. The van der Waals surface area contributed by atoms with Gasteiger partial charge in [-0.1, -0.05) is 24.6 Å². The fourth-order valence-electron chi connectivity index (χ4n) is 1.55. The van der Waals surface area contributed by atoms with Gasteiger partial charge < -0.3 is 15.4 Å². The monoisotopic (exact) mass is 278 g/mol. The van der Waals surface area contributed by atoms with Crippen LogP contribution in [0.1, 0.15) is 25.3 Å². The molecule has 2 amide bonds. The van der Waals surface area contributed by atoms with Crippen LogP contribution in [-0.2, 0) is 9.59 Å². The van der Waals surface area contributed by atoms with E-state index in [9.17, 15) is 9.59 Å². The van der Waals surface area contributed by atoms with Gasteiger partial charge in [0, 0.05) is 19.5 Å². The molecule has 1 aromatic carbocycles. The molecule has 0 saturated heterocycles. The third-order valence-corrected chi connectivity index (χ3v) is 2.64. The van der Waals surface area contributed by atoms with E-state index in [1.165, 1.54) is 0 Å². The Labute approximate surface area is 119 Å². The SMILES string of the molecule is CCCC(=O)NCCNC(=O)COc1ccc(C)cc1. The Kier molecular flexibility index (Phi) is 7.17. The first kappa shape index (κ1) is 16.0. The number of rotatable bonds is 8. The summed E-state index contributed by atoms with van der Waals surface area (Å²) >= 11 is 0. The second kappa shape index (κ2) is 8.96. The van der Waals surface area contributed by atoms with Crippen LogP contribution >= 0.6 is 0 Å². The van der Waals surface area contributed by atoms with Gasteiger partial charge in [-0.3, -0.25) is 9.59 Å². The predicted octanol–water partition coefficient (Wildman–Crippen LogP) is 1.41. The van der Waals surface area contributed by atoms with E-state index in [1.807, 2.05) is 38.1 Å². The molecule has 5 heteroatoms. The highest BCUT2D eigenvalue weighted by molar-refractivity contribution is 5.78. The summed E-state index contributed by atoms with van der Waals surface area (Å²) in [6, 6.07) is 7.51. The molecule has 0 saturated carbocycles. The average Bonchev–Trinajstić information content (AvgIpc) is 2.43. The van der Waals surface area contributed by atoms with Gasteiger partial charge in [-0.15, -0.1) is 0 Å². The first-order valence-electron chi connectivity index (χ1n) is 6.84. The van der Waals surface area contributed by atoms with Gasteiger partial charge in [-0.05, 0) is 25.5 Å². The lowest BCUT2D eigenvalue weighted by Crippen LogP contribution is -2.36. The molecule has 0 unspecified atom stereocenters. The maximum atomic E-state index is 11.5. The summed E-state index contributed by atoms with van der Waals surface area (Å²) in [5.41, 5.74) is 1.14. The number of aryl methyl sites for hydroxylation is 1. The van der Waals surface area contributed by atoms with Crippen LogP contribution in [-0.4, -0.2) is 31.5 Å². The summed E-state index contributed by atoms with van der Waals surface area (Å²) in [7, 11) is 0. The minimum atomic E-state index is -0.199. The Morgan fingerprint density at radius 1 is 1.05 bits per heavy atom. The average molecular weight is 278 g/mol. The molecule has 0 aliphatic rings. The molecule has 0 aliphatic heterocycles. The topological polar surface area (TPSA) is 67.4 Å². The van der Waals surface area contributed by atoms with E-state index < -0.39 is 0 Å². The fourth-order valence-corrected chi connectivity index (χ4v) is 1.55. The molecule has 0 aromatic heterocycles. The molecule has 0 aliphatic carbocycles. The molecule has 0 fully saturated rings. The number of hydrogen-bond donors (Lipinski definition) is 2. The zero-order valence-electron chi connectivity index (χ0n) is 12.1. The molecule has 2 N–H and O–H groups in total. The first-order valence-corrected chi connectivity index (χ1v) is 6.84. The van der Waals surface area contributed by atoms with Crippen molar-refractivity contribution >= 4 is 11.8 Å². The van der Waals surface area contributed by atoms with Crippen LogP contribution in [0.4, 0.5) is 0 Å². The highest BCUT2D eigenvalue weighted by Crippen LogP contribution is 2.10. The van der Waals surface area contributed by atoms with E-state index in [1.54, 1.807) is 0 Å². The molecular formula is C15H22N2O3. The number of carbonyl (C=O) groups excluding carboxylic acids is 2. The Balaban J connectivity index is 2.11. The van der Waals surface area contributed by atoms with E-state index in [0.717, 1.165) is 12.0 Å². The standard InChI is InChI=1S/C15H22N2O3/c1-3-4-14(18)16-9-10-17-15(19)11-20-13-7-5-12(2)6-8-13/h5-8H,3-4,9-11H2,1-2H3,(H,16,18)(H,17,19). The molecule has 5 nitrogen and oxygen atoms in total. The highest BCUT2D eigenvalue weighted by atomic mass is 16.5. The molecule has 110 valence electrons. The van der Waals surface area contributed by atoms with E-state index in [0.29, 0.717) is 25.3 Å². The van der Waals surface area contributed by atoms with Gasteiger partial charge in [0.1, 0.15) is 5.75 Å². The number of nitrogens with one attached hydrogen (secondary N) is 2. The third-order valence-electron chi connectivity index (χ3n) is 2.64. The summed E-state index contributed by atoms with van der Waals surface area (Å²) in [6.07, 6.45) is 1.34. The number of benzene rings is 1. The lowest BCUT2D eigenvalue weighted by atomic mass is 10.2. The first-order chi connectivity index (χ1) is 9.61. The predicted molar refractivity (Wildman–Crippen MR) is 77.6 cm³/mol. The smallest absolute Gasteiger partial charge is 0.258 e. The Morgan fingerprint density at radius 2 is 1.65 bits per heavy atom. The van der Waals surface area contributed by atoms with Crippen molar-refractivity contribution in [1.82, 2.24) is 10.6 Å². The summed E-state index contributed by atoms with van der Waals surface area (Å²) in [6.45, 7) is 4.76. The summed E-state index contributed by atoms with van der Waals surface area (Å²) in [5.74, 6) is 0.481. The van der Waals surface area contributed by atoms with Gasteiger partial charge >= 0.3 is 0 Å². The van der Waals surface area contributed by atoms with Crippen molar-refractivity contribution in [2.24, 2.45) is 0 Å². The van der Waals surface area contributed by atoms with Gasteiger partial charge in [-0.2, -0.15) is 0 Å². The normalized spacial score (nSPS) is 9.90. The second-order valence-corrected chi connectivity index (χ2v) is 4.55. The maximum absolute atomic E-state index is 11.5. The lowest BCUT2D eigenvalue weighted by Gasteiger charge is -2.08. The van der Waals surface area contributed by atoms with Gasteiger partial charge in [0.2, 0.25) is 5.91 Å². The molecule has 0 spiro atoms. The largest absolute Gasteiger partial charge is 0.484 e. The van der Waals surface area contributed by atoms with E-state index in [2.05, 4.69) is 10.6 Å². The van der Waals surface area contributed by atoms with Crippen molar-refractivity contribution < 1.29 is 14.3 Å². The van der Waals surface area contributed by atoms with Crippen LogP contribution in [0.2, 0.25) is 0 Å². The molecular weight excluding hydrogens is 256 g/mol. The molecule has 1 aromatic rings. The van der Waals surface area contributed by atoms with Crippen LogP contribution in [0.15, 0.2) is 24.3 Å². The van der Waals surface area contributed by atoms with Crippen molar-refractivity contribution in [2.75, 3.05) is 19.7 Å². The Bertz CT molecular complexity index is 429. The Hall–Kier alpha value is -2.04. The molecule has 20 heavy (non-hydrogen) atoms. The van der Waals surface area contributed by atoms with Crippen molar-refractivity contribution in [1.29, 1.82) is 0 Å². The number of ether oxygens (including phenoxy) is 1. The van der Waals surface area contributed by atoms with Crippen LogP contribution in [0.25, 0.3) is 0 Å². The molecule has 0 radical (unpaired) electrons. The van der Waals surface area contributed by atoms with Gasteiger partial charge in [0.25, 0.3) is 5.91 Å². The second-order valence-electron chi connectivity index (χ2n) is 4.55. The highest BCUT2D eigenvalue weighted by Gasteiger charge is 2.03. The van der Waals surface area contributed by atoms with Crippen molar-refractivity contribution in [3.8, 4) is 5.75 Å². The number of amides is 2. The maximum Gasteiger partial charge on any atom is 0.258 e. The van der Waals surface area contributed by atoms with Crippen molar-refractivity contribution in [2.45, 2.75) is 26.7 Å². The van der Waals surface area contributed by atoms with Crippen molar-refractivity contribution in [3.63, 3.8) is 0 Å². The lowest BCUT2D eigenvalue weighted by molar-refractivity contribution is -0.124. The van der Waals surface area contributed by atoms with Crippen LogP contribution in [0.5, 0.6) is 5.75 Å². The van der Waals surface area contributed by atoms with Crippen LogP contribution < -0.4 is 15.4 Å². The molecule has 0 bridgehead atoms. The minimum Gasteiger partial charge on any atom is -0.484 e. The van der Waals surface area contributed by atoms with E-state index >= 15 is 0 Å². The summed E-state index contributed by atoms with van der Waals surface area (Å²) in [4.78, 5) is 22.7. The molecule has 0 atom stereocenters. The van der Waals surface area contributed by atoms with Crippen LogP contribution in [0, 0.1) is 6.92 Å². The van der Waals surface area contributed by atoms with Gasteiger partial charge in [-0.25, -0.2) is 0 Å². The third kappa shape index (κ3) is 6.78. The Morgan fingerprint density at radius 3 is 2.25 bits per heavy atom. The summed E-state index contributed by atoms with van der Waals surface area (Å²) in [5, 5.41) is 5.41. The zero-order chi connectivity index (χ0) is 14.8. The number of carbonyl (C=O) groups is 2. The van der Waals surface area contributed by atoms with E-state index in [4.69, 9.17) is 4.74 Å². The minimum absolute atomic E-state index is 0.0117. The fraction of sp³-hybridized carbons (Fsp3) is 0.467. The summed E-state index contributed by atoms with van der Waals surface area (Å²) < 4.78 is 5.34. The quantitative estimate of drug-likeness (QED) is 0.706. The van der Waals surface area contributed by atoms with Gasteiger partial charge in [0.15, 0.2) is 6.61 Å². The van der Waals surface area contributed by atoms with Gasteiger partial charge in [0.05, 0.1) is 0 Å². The van der Waals surface area contributed by atoms with Crippen molar-refractivity contribution in [3.05, 3.63) is 29.8 Å². The zero-order valence-corrected chi connectivity index (χ0v) is 12.1. The van der Waals surface area contributed by atoms with Crippen LogP contribution in [0.3, 0.4) is 0 Å². The number of hydrogen-bond acceptors (Lipinski definition) is 3.